The maximum atomic E-state index is 12.4. The van der Waals surface area contributed by atoms with Gasteiger partial charge in [-0.3, -0.25) is 4.79 Å². The van der Waals surface area contributed by atoms with Crippen LogP contribution in [0.2, 0.25) is 5.02 Å². The molecule has 1 aliphatic rings. The van der Waals surface area contributed by atoms with Gasteiger partial charge in [0.1, 0.15) is 17.3 Å². The molecule has 0 spiro atoms. The largest absolute Gasteiger partial charge is 0.465 e. The fraction of sp³-hybridized carbons (Fsp3) is 0. The smallest absolute Gasteiger partial charge is 0.345 e. The van der Waals surface area contributed by atoms with Crippen LogP contribution in [0.3, 0.4) is 0 Å². The average molecular weight is 367 g/mol. The molecule has 0 atom stereocenters. The second-order valence-corrected chi connectivity index (χ2v) is 5.89. The number of benzene rings is 2. The van der Waals surface area contributed by atoms with Crippen molar-refractivity contribution in [1.82, 2.24) is 0 Å². The van der Waals surface area contributed by atoms with E-state index < -0.39 is 5.97 Å². The molecule has 26 heavy (non-hydrogen) atoms. The Morgan fingerprint density at radius 2 is 1.92 bits per heavy atom. The predicted molar refractivity (Wildman–Crippen MR) is 94.5 cm³/mol. The highest BCUT2D eigenvalue weighted by atomic mass is 35.5. The van der Waals surface area contributed by atoms with Crippen molar-refractivity contribution < 1.29 is 23.5 Å². The monoisotopic (exact) mass is 366 g/mol. The number of furan rings is 1. The molecule has 1 aliphatic heterocycles. The Morgan fingerprint density at radius 1 is 1.08 bits per heavy atom. The third-order valence-electron chi connectivity index (χ3n) is 3.76. The normalized spacial score (nSPS) is 14.2. The molecule has 0 amide bonds. The van der Waals surface area contributed by atoms with Crippen molar-refractivity contribution in [2.45, 2.75) is 0 Å². The zero-order valence-electron chi connectivity index (χ0n) is 13.3. The van der Waals surface area contributed by atoms with Crippen LogP contribution in [0.1, 0.15) is 26.5 Å². The molecule has 128 valence electrons. The van der Waals surface area contributed by atoms with E-state index in [0.717, 1.165) is 0 Å². The van der Waals surface area contributed by atoms with Crippen LogP contribution in [0, 0.1) is 0 Å². The Balaban J connectivity index is 1.57. The lowest BCUT2D eigenvalue weighted by atomic mass is 10.1. The molecule has 5 nitrogen and oxygen atoms in total. The summed E-state index contributed by atoms with van der Waals surface area (Å²) in [7, 11) is 0. The number of hydrogen-bond acceptors (Lipinski definition) is 5. The van der Waals surface area contributed by atoms with Gasteiger partial charge in [-0.15, -0.1) is 0 Å². The number of hydrogen-bond donors (Lipinski definition) is 0. The van der Waals surface area contributed by atoms with Crippen LogP contribution in [0.25, 0.3) is 6.08 Å². The first kappa shape index (κ1) is 16.2. The van der Waals surface area contributed by atoms with Crippen LogP contribution >= 0.6 is 11.6 Å². The quantitative estimate of drug-likeness (QED) is 0.379. The third kappa shape index (κ3) is 3.00. The Labute approximate surface area is 153 Å². The highest BCUT2D eigenvalue weighted by molar-refractivity contribution is 6.33. The summed E-state index contributed by atoms with van der Waals surface area (Å²) in [6.45, 7) is 0. The highest BCUT2D eigenvalue weighted by Gasteiger charge is 2.28. The molecule has 0 unspecified atom stereocenters. The molecular weight excluding hydrogens is 356 g/mol. The summed E-state index contributed by atoms with van der Waals surface area (Å²) in [6, 6.07) is 14.6. The second kappa shape index (κ2) is 6.54. The number of carbonyl (C=O) groups excluding carboxylic acids is 2. The van der Waals surface area contributed by atoms with Gasteiger partial charge in [0.15, 0.2) is 5.76 Å². The maximum absolute atomic E-state index is 12.4. The van der Waals surface area contributed by atoms with Gasteiger partial charge in [0.2, 0.25) is 5.78 Å². The minimum Gasteiger partial charge on any atom is -0.465 e. The summed E-state index contributed by atoms with van der Waals surface area (Å²) in [5, 5.41) is 0.300. The number of rotatable bonds is 3. The predicted octanol–water partition coefficient (Wildman–Crippen LogP) is 4.77. The van der Waals surface area contributed by atoms with Gasteiger partial charge in [-0.25, -0.2) is 4.79 Å². The van der Waals surface area contributed by atoms with Crippen LogP contribution in [0.5, 0.6) is 11.5 Å². The molecule has 0 fully saturated rings. The van der Waals surface area contributed by atoms with E-state index in [-0.39, 0.29) is 22.9 Å². The number of ether oxygens (including phenoxy) is 2. The lowest BCUT2D eigenvalue weighted by molar-refractivity contribution is 0.0734. The third-order valence-corrected chi connectivity index (χ3v) is 4.09. The molecule has 0 radical (unpaired) electrons. The number of carbonyl (C=O) groups is 2. The molecular formula is C20H11ClO5. The fourth-order valence-electron chi connectivity index (χ4n) is 2.52. The standard InChI is InChI=1S/C20H11ClO5/c21-16-6-2-1-5-14(16)20(23)25-13-7-8-15-17(11-13)26-18(19(15)22)10-12-4-3-9-24-12/h1-11H. The number of allylic oxidation sites excluding steroid dienone is 1. The lowest BCUT2D eigenvalue weighted by Crippen LogP contribution is -2.09. The fourth-order valence-corrected chi connectivity index (χ4v) is 2.73. The first-order valence-electron chi connectivity index (χ1n) is 7.70. The van der Waals surface area contributed by atoms with Gasteiger partial charge in [0.05, 0.1) is 22.4 Å². The van der Waals surface area contributed by atoms with Gasteiger partial charge in [0.25, 0.3) is 0 Å². The van der Waals surface area contributed by atoms with Crippen LogP contribution in [0.15, 0.2) is 71.0 Å². The van der Waals surface area contributed by atoms with Gasteiger partial charge in [-0.1, -0.05) is 23.7 Å². The summed E-state index contributed by atoms with van der Waals surface area (Å²) in [5.41, 5.74) is 0.644. The molecule has 6 heteroatoms. The van der Waals surface area contributed by atoms with Gasteiger partial charge in [-0.2, -0.15) is 0 Å². The number of ketones is 1. The Hall–Kier alpha value is -3.31. The van der Waals surface area contributed by atoms with Gasteiger partial charge in [-0.05, 0) is 36.4 Å². The van der Waals surface area contributed by atoms with Gasteiger partial charge < -0.3 is 13.9 Å². The van der Waals surface area contributed by atoms with E-state index in [1.165, 1.54) is 24.5 Å². The zero-order chi connectivity index (χ0) is 18.1. The topological polar surface area (TPSA) is 65.7 Å². The van der Waals surface area contributed by atoms with Crippen LogP contribution < -0.4 is 9.47 Å². The van der Waals surface area contributed by atoms with E-state index in [1.807, 2.05) is 0 Å². The van der Waals surface area contributed by atoms with Crippen LogP contribution in [-0.2, 0) is 0 Å². The number of fused-ring (bicyclic) bond motifs is 1. The second-order valence-electron chi connectivity index (χ2n) is 5.48. The van der Waals surface area contributed by atoms with Crippen molar-refractivity contribution in [3.8, 4) is 11.5 Å². The van der Waals surface area contributed by atoms with E-state index in [9.17, 15) is 9.59 Å². The van der Waals surface area contributed by atoms with Gasteiger partial charge in [0, 0.05) is 12.1 Å². The summed E-state index contributed by atoms with van der Waals surface area (Å²) in [5.74, 6) is 0.362. The van der Waals surface area contributed by atoms with Crippen LogP contribution in [-0.4, -0.2) is 11.8 Å². The highest BCUT2D eigenvalue weighted by Crippen LogP contribution is 2.35. The molecule has 0 saturated carbocycles. The Bertz CT molecular complexity index is 1030. The van der Waals surface area contributed by atoms with Crippen LogP contribution in [0.4, 0.5) is 0 Å². The molecule has 2 heterocycles. The van der Waals surface area contributed by atoms with Crippen molar-refractivity contribution >= 4 is 29.4 Å². The minimum atomic E-state index is -0.591. The summed E-state index contributed by atoms with van der Waals surface area (Å²) in [4.78, 5) is 24.6. The van der Waals surface area contributed by atoms with E-state index in [4.69, 9.17) is 25.5 Å². The molecule has 0 N–H and O–H groups in total. The Kier molecular flexibility index (Phi) is 4.07. The first-order chi connectivity index (χ1) is 12.6. The number of Topliss-reactive ketones (excluding diaryl/α,β-unsaturated/α-hetero) is 1. The molecule has 2 aromatic carbocycles. The van der Waals surface area contributed by atoms with Gasteiger partial charge >= 0.3 is 5.97 Å². The Morgan fingerprint density at radius 3 is 2.69 bits per heavy atom. The molecule has 0 saturated heterocycles. The molecule has 1 aromatic heterocycles. The SMILES string of the molecule is O=C(Oc1ccc2c(c1)OC(=Cc1ccco1)C2=O)c1ccccc1Cl. The number of halogens is 1. The van der Waals surface area contributed by atoms with E-state index in [0.29, 0.717) is 22.1 Å². The van der Waals surface area contributed by atoms with Crippen molar-refractivity contribution in [2.24, 2.45) is 0 Å². The first-order valence-corrected chi connectivity index (χ1v) is 8.08. The molecule has 0 bridgehead atoms. The zero-order valence-corrected chi connectivity index (χ0v) is 14.0. The van der Waals surface area contributed by atoms with E-state index in [1.54, 1.807) is 42.5 Å². The number of esters is 1. The lowest BCUT2D eigenvalue weighted by Gasteiger charge is -2.06. The summed E-state index contributed by atoms with van der Waals surface area (Å²) >= 11 is 6.00. The molecule has 0 aliphatic carbocycles. The summed E-state index contributed by atoms with van der Waals surface area (Å²) < 4.78 is 16.1. The van der Waals surface area contributed by atoms with Crippen molar-refractivity contribution in [3.63, 3.8) is 0 Å². The molecule has 4 rings (SSSR count). The maximum Gasteiger partial charge on any atom is 0.345 e. The minimum absolute atomic E-state index is 0.143. The van der Waals surface area contributed by atoms with Crippen molar-refractivity contribution in [3.05, 3.63) is 88.5 Å². The van der Waals surface area contributed by atoms with Crippen molar-refractivity contribution in [2.75, 3.05) is 0 Å². The molecule has 3 aromatic rings. The van der Waals surface area contributed by atoms with E-state index >= 15 is 0 Å². The summed E-state index contributed by atoms with van der Waals surface area (Å²) in [6.07, 6.45) is 3.02. The van der Waals surface area contributed by atoms with Crippen molar-refractivity contribution in [1.29, 1.82) is 0 Å². The average Bonchev–Trinajstić information content (AvgIpc) is 3.24. The van der Waals surface area contributed by atoms with E-state index in [2.05, 4.69) is 0 Å².